The first-order chi connectivity index (χ1) is 9.56. The number of aromatic nitrogens is 2. The summed E-state index contributed by atoms with van der Waals surface area (Å²) >= 11 is 11.1. The van der Waals surface area contributed by atoms with Gasteiger partial charge in [0.15, 0.2) is 4.77 Å². The summed E-state index contributed by atoms with van der Waals surface area (Å²) in [6.07, 6.45) is 0. The third kappa shape index (κ3) is 2.15. The molecule has 0 saturated heterocycles. The zero-order valence-electron chi connectivity index (χ0n) is 10.1. The van der Waals surface area contributed by atoms with Gasteiger partial charge in [-0.25, -0.2) is 4.39 Å². The van der Waals surface area contributed by atoms with E-state index in [2.05, 4.69) is 4.98 Å². The van der Waals surface area contributed by atoms with E-state index in [9.17, 15) is 9.18 Å². The van der Waals surface area contributed by atoms with Gasteiger partial charge in [0, 0.05) is 5.02 Å². The highest BCUT2D eigenvalue weighted by Crippen LogP contribution is 2.16. The highest BCUT2D eigenvalue weighted by molar-refractivity contribution is 7.71. The van der Waals surface area contributed by atoms with Crippen LogP contribution in [0.4, 0.5) is 4.39 Å². The molecular weight excluding hydrogens is 299 g/mol. The average molecular weight is 307 g/mol. The van der Waals surface area contributed by atoms with Gasteiger partial charge in [0.2, 0.25) is 0 Å². The van der Waals surface area contributed by atoms with Crippen molar-refractivity contribution in [3.8, 4) is 5.69 Å². The minimum absolute atomic E-state index is 0.190. The standard InChI is InChI=1S/C14H8ClFN2OS/c15-8-4-5-11-12(6-8)17-14(20)18(13(11)19)10-3-1-2-9(16)7-10/h1-7H,(H,17,20). The van der Waals surface area contributed by atoms with Crippen molar-refractivity contribution in [2.75, 3.05) is 0 Å². The van der Waals surface area contributed by atoms with Crippen molar-refractivity contribution in [2.24, 2.45) is 0 Å². The molecule has 3 rings (SSSR count). The Labute approximate surface area is 123 Å². The first kappa shape index (κ1) is 13.0. The molecule has 1 aromatic heterocycles. The Morgan fingerprint density at radius 1 is 1.20 bits per heavy atom. The number of nitrogens with one attached hydrogen (secondary N) is 1. The van der Waals surface area contributed by atoms with Gasteiger partial charge in [-0.15, -0.1) is 0 Å². The van der Waals surface area contributed by atoms with E-state index in [1.165, 1.54) is 22.8 Å². The number of H-pyrrole nitrogens is 1. The zero-order chi connectivity index (χ0) is 14.3. The number of hydrogen-bond acceptors (Lipinski definition) is 2. The van der Waals surface area contributed by atoms with E-state index in [0.29, 0.717) is 21.6 Å². The molecule has 2 aromatic carbocycles. The maximum absolute atomic E-state index is 13.3. The van der Waals surface area contributed by atoms with Crippen molar-refractivity contribution < 1.29 is 4.39 Å². The first-order valence-corrected chi connectivity index (χ1v) is 6.55. The lowest BCUT2D eigenvalue weighted by Crippen LogP contribution is -2.20. The molecular formula is C14H8ClFN2OS. The van der Waals surface area contributed by atoms with Gasteiger partial charge in [-0.05, 0) is 48.6 Å². The van der Waals surface area contributed by atoms with Crippen LogP contribution in [0.25, 0.3) is 16.6 Å². The fourth-order valence-corrected chi connectivity index (χ4v) is 2.51. The number of rotatable bonds is 1. The maximum Gasteiger partial charge on any atom is 0.266 e. The lowest BCUT2D eigenvalue weighted by Gasteiger charge is -2.08. The topological polar surface area (TPSA) is 37.8 Å². The van der Waals surface area contributed by atoms with Crippen molar-refractivity contribution in [1.82, 2.24) is 9.55 Å². The molecule has 0 saturated carbocycles. The van der Waals surface area contributed by atoms with Crippen molar-refractivity contribution >= 4 is 34.7 Å². The highest BCUT2D eigenvalue weighted by atomic mass is 35.5. The van der Waals surface area contributed by atoms with Crippen molar-refractivity contribution in [2.45, 2.75) is 0 Å². The second-order valence-corrected chi connectivity index (χ2v) is 5.06. The largest absolute Gasteiger partial charge is 0.331 e. The van der Waals surface area contributed by atoms with E-state index in [-0.39, 0.29) is 10.3 Å². The van der Waals surface area contributed by atoms with Crippen LogP contribution in [0.5, 0.6) is 0 Å². The van der Waals surface area contributed by atoms with Crippen LogP contribution in [0.1, 0.15) is 0 Å². The SMILES string of the molecule is O=c1c2ccc(Cl)cc2[nH]c(=S)n1-c1cccc(F)c1. The van der Waals surface area contributed by atoms with Crippen LogP contribution in [-0.2, 0) is 0 Å². The zero-order valence-corrected chi connectivity index (χ0v) is 11.6. The second-order valence-electron chi connectivity index (χ2n) is 4.24. The fourth-order valence-electron chi connectivity index (χ4n) is 2.04. The Morgan fingerprint density at radius 3 is 2.75 bits per heavy atom. The predicted molar refractivity (Wildman–Crippen MR) is 79.7 cm³/mol. The summed E-state index contributed by atoms with van der Waals surface area (Å²) in [7, 11) is 0. The summed E-state index contributed by atoms with van der Waals surface area (Å²) in [5.74, 6) is -0.431. The first-order valence-electron chi connectivity index (χ1n) is 5.77. The molecule has 3 nitrogen and oxygen atoms in total. The van der Waals surface area contributed by atoms with E-state index in [1.54, 1.807) is 24.3 Å². The molecule has 3 aromatic rings. The molecule has 0 spiro atoms. The third-order valence-electron chi connectivity index (χ3n) is 2.93. The monoisotopic (exact) mass is 306 g/mol. The normalized spacial score (nSPS) is 10.9. The summed E-state index contributed by atoms with van der Waals surface area (Å²) < 4.78 is 14.8. The van der Waals surface area contributed by atoms with Gasteiger partial charge in [0.25, 0.3) is 5.56 Å². The van der Waals surface area contributed by atoms with Crippen molar-refractivity contribution in [3.05, 3.63) is 68.4 Å². The molecule has 0 fully saturated rings. The fraction of sp³-hybridized carbons (Fsp3) is 0. The molecule has 0 unspecified atom stereocenters. The number of benzene rings is 2. The Hall–Kier alpha value is -1.98. The molecule has 20 heavy (non-hydrogen) atoms. The van der Waals surface area contributed by atoms with Gasteiger partial charge in [-0.3, -0.25) is 9.36 Å². The summed E-state index contributed by atoms with van der Waals surface area (Å²) in [4.78, 5) is 15.4. The Bertz CT molecular complexity index is 932. The van der Waals surface area contributed by atoms with Crippen molar-refractivity contribution in [3.63, 3.8) is 0 Å². The molecule has 1 N–H and O–H groups in total. The van der Waals surface area contributed by atoms with Crippen LogP contribution in [0, 0.1) is 10.6 Å². The molecule has 0 amide bonds. The van der Waals surface area contributed by atoms with Gasteiger partial charge in [-0.1, -0.05) is 17.7 Å². The lowest BCUT2D eigenvalue weighted by atomic mass is 10.2. The minimum atomic E-state index is -0.431. The number of aromatic amines is 1. The minimum Gasteiger partial charge on any atom is -0.331 e. The Balaban J connectivity index is 2.41. The van der Waals surface area contributed by atoms with Crippen LogP contribution < -0.4 is 5.56 Å². The smallest absolute Gasteiger partial charge is 0.266 e. The van der Waals surface area contributed by atoms with E-state index in [4.69, 9.17) is 23.8 Å². The summed E-state index contributed by atoms with van der Waals surface area (Å²) in [5.41, 5.74) is 0.624. The molecule has 0 atom stereocenters. The molecule has 0 aliphatic heterocycles. The van der Waals surface area contributed by atoms with Crippen LogP contribution in [0.15, 0.2) is 47.3 Å². The van der Waals surface area contributed by atoms with Crippen LogP contribution in [0.2, 0.25) is 5.02 Å². The lowest BCUT2D eigenvalue weighted by molar-refractivity contribution is 0.626. The number of halogens is 2. The van der Waals surface area contributed by atoms with Gasteiger partial charge in [0.05, 0.1) is 16.6 Å². The van der Waals surface area contributed by atoms with Crippen LogP contribution in [0.3, 0.4) is 0 Å². The number of fused-ring (bicyclic) bond motifs is 1. The van der Waals surface area contributed by atoms with Crippen LogP contribution >= 0.6 is 23.8 Å². The molecule has 100 valence electrons. The summed E-state index contributed by atoms with van der Waals surface area (Å²) in [6, 6.07) is 10.6. The quantitative estimate of drug-likeness (QED) is 0.694. The van der Waals surface area contributed by atoms with Crippen molar-refractivity contribution in [1.29, 1.82) is 0 Å². The van der Waals surface area contributed by atoms with Gasteiger partial charge < -0.3 is 4.98 Å². The third-order valence-corrected chi connectivity index (χ3v) is 3.45. The van der Waals surface area contributed by atoms with E-state index in [0.717, 1.165) is 0 Å². The Kier molecular flexibility index (Phi) is 3.16. The predicted octanol–water partition coefficient (Wildman–Crippen LogP) is 3.84. The number of nitrogens with zero attached hydrogens (tertiary/aromatic N) is 1. The van der Waals surface area contributed by atoms with Gasteiger partial charge in [-0.2, -0.15) is 0 Å². The van der Waals surface area contributed by atoms with E-state index in [1.807, 2.05) is 0 Å². The Morgan fingerprint density at radius 2 is 2.00 bits per heavy atom. The molecule has 0 radical (unpaired) electrons. The highest BCUT2D eigenvalue weighted by Gasteiger charge is 2.08. The number of hydrogen-bond donors (Lipinski definition) is 1. The molecule has 0 aliphatic carbocycles. The summed E-state index contributed by atoms with van der Waals surface area (Å²) in [6.45, 7) is 0. The molecule has 6 heteroatoms. The molecule has 0 bridgehead atoms. The average Bonchev–Trinajstić information content (AvgIpc) is 2.38. The summed E-state index contributed by atoms with van der Waals surface area (Å²) in [5, 5.41) is 0.943. The molecule has 0 aliphatic rings. The molecule has 1 heterocycles. The van der Waals surface area contributed by atoms with E-state index < -0.39 is 5.82 Å². The van der Waals surface area contributed by atoms with Gasteiger partial charge in [0.1, 0.15) is 5.82 Å². The van der Waals surface area contributed by atoms with E-state index >= 15 is 0 Å². The second kappa shape index (κ2) is 4.85. The van der Waals surface area contributed by atoms with Gasteiger partial charge >= 0.3 is 0 Å². The van der Waals surface area contributed by atoms with Crippen LogP contribution in [-0.4, -0.2) is 9.55 Å². The maximum atomic E-state index is 13.3.